The molecule has 0 unspecified atom stereocenters. The molecule has 1 aliphatic heterocycles. The summed E-state index contributed by atoms with van der Waals surface area (Å²) in [5.41, 5.74) is 0.659. The van der Waals surface area contributed by atoms with Crippen LogP contribution in [0.5, 0.6) is 0 Å². The first-order valence-corrected chi connectivity index (χ1v) is 11.0. The zero-order chi connectivity index (χ0) is 19.0. The second-order valence-corrected chi connectivity index (χ2v) is 9.16. The summed E-state index contributed by atoms with van der Waals surface area (Å²) in [4.78, 5) is 26.1. The summed E-state index contributed by atoms with van der Waals surface area (Å²) >= 11 is 0. The molecule has 1 aliphatic carbocycles. The number of hydrogen-bond donors (Lipinski definition) is 2. The Morgan fingerprint density at radius 1 is 1.26 bits per heavy atom. The average Bonchev–Trinajstić information content (AvgIpc) is 3.39. The van der Waals surface area contributed by atoms with Gasteiger partial charge in [-0.25, -0.2) is 8.42 Å². The van der Waals surface area contributed by atoms with Crippen molar-refractivity contribution in [1.82, 2.24) is 19.3 Å². The molecule has 0 atom stereocenters. The first kappa shape index (κ1) is 18.2. The Balaban J connectivity index is 1.54. The van der Waals surface area contributed by atoms with Gasteiger partial charge >= 0.3 is 0 Å². The van der Waals surface area contributed by atoms with E-state index < -0.39 is 10.0 Å². The van der Waals surface area contributed by atoms with E-state index in [0.29, 0.717) is 38.2 Å². The number of aromatic nitrogens is 3. The lowest BCUT2D eigenvalue weighted by Gasteiger charge is -2.35. The van der Waals surface area contributed by atoms with Crippen molar-refractivity contribution in [2.75, 3.05) is 42.1 Å². The van der Waals surface area contributed by atoms with Gasteiger partial charge in [0.25, 0.3) is 0 Å². The summed E-state index contributed by atoms with van der Waals surface area (Å²) in [5.74, 6) is 1.23. The number of hydrogen-bond acceptors (Lipinski definition) is 6. The molecule has 2 aliphatic rings. The number of nitrogens with one attached hydrogen (secondary N) is 2. The molecule has 4 rings (SSSR count). The maximum Gasteiger partial charge on any atom is 0.233 e. The largest absolute Gasteiger partial charge is 0.353 e. The molecule has 27 heavy (non-hydrogen) atoms. The Hall–Kier alpha value is -2.20. The number of amides is 1. The Kier molecular flexibility index (Phi) is 4.77. The summed E-state index contributed by atoms with van der Waals surface area (Å²) in [6, 6.07) is 1.90. The zero-order valence-corrected chi connectivity index (χ0v) is 16.1. The predicted molar refractivity (Wildman–Crippen MR) is 103 cm³/mol. The number of nitrogens with zero attached hydrogens (tertiary/aromatic N) is 4. The maximum absolute atomic E-state index is 12.3. The third-order valence-corrected chi connectivity index (χ3v) is 7.05. The van der Waals surface area contributed by atoms with Crippen LogP contribution >= 0.6 is 0 Å². The van der Waals surface area contributed by atoms with Crippen LogP contribution in [0.4, 0.5) is 11.8 Å². The molecule has 2 aromatic rings. The third kappa shape index (κ3) is 3.77. The molecule has 1 saturated heterocycles. The molecule has 10 heteroatoms. The lowest BCUT2D eigenvalue weighted by Crippen LogP contribution is -2.49. The number of rotatable bonds is 6. The van der Waals surface area contributed by atoms with Crippen molar-refractivity contribution in [2.45, 2.75) is 26.2 Å². The van der Waals surface area contributed by atoms with Gasteiger partial charge in [0.05, 0.1) is 11.1 Å². The summed E-state index contributed by atoms with van der Waals surface area (Å²) in [6.07, 6.45) is 4.23. The van der Waals surface area contributed by atoms with E-state index in [1.807, 2.05) is 13.0 Å². The summed E-state index contributed by atoms with van der Waals surface area (Å²) in [7, 11) is -3.19. The van der Waals surface area contributed by atoms with Crippen LogP contribution in [0.1, 0.15) is 26.2 Å². The number of piperazine rings is 1. The Labute approximate surface area is 158 Å². The summed E-state index contributed by atoms with van der Waals surface area (Å²) in [5, 5.41) is 3.67. The molecule has 2 N–H and O–H groups in total. The van der Waals surface area contributed by atoms with Gasteiger partial charge in [-0.3, -0.25) is 10.1 Å². The number of carbonyl (C=O) groups is 1. The molecule has 1 amide bonds. The lowest BCUT2D eigenvalue weighted by atomic mass is 10.3. The minimum Gasteiger partial charge on any atom is -0.353 e. The van der Waals surface area contributed by atoms with Crippen LogP contribution in [0.25, 0.3) is 11.0 Å². The van der Waals surface area contributed by atoms with Crippen LogP contribution in [0, 0.1) is 5.92 Å². The van der Waals surface area contributed by atoms with Crippen LogP contribution < -0.4 is 10.2 Å². The van der Waals surface area contributed by atoms with Gasteiger partial charge in [0.15, 0.2) is 0 Å². The van der Waals surface area contributed by atoms with Crippen molar-refractivity contribution in [3.8, 4) is 0 Å². The van der Waals surface area contributed by atoms with Gasteiger partial charge < -0.3 is 9.88 Å². The van der Waals surface area contributed by atoms with E-state index in [1.165, 1.54) is 0 Å². The fraction of sp³-hybridized carbons (Fsp3) is 0.588. The minimum absolute atomic E-state index is 0.0395. The molecule has 3 heterocycles. The van der Waals surface area contributed by atoms with Gasteiger partial charge in [0.2, 0.25) is 21.9 Å². The number of H-pyrrole nitrogens is 1. The Bertz CT molecular complexity index is 945. The van der Waals surface area contributed by atoms with Gasteiger partial charge in [-0.1, -0.05) is 6.92 Å². The van der Waals surface area contributed by atoms with Crippen LogP contribution in [0.3, 0.4) is 0 Å². The molecule has 0 spiro atoms. The van der Waals surface area contributed by atoms with Gasteiger partial charge in [-0.2, -0.15) is 14.3 Å². The SMILES string of the molecule is CCCS(=O)(=O)N1CCN(c2nc(NC(=O)C3CC3)nc3[nH]ccc23)CC1. The topological polar surface area (TPSA) is 111 Å². The maximum atomic E-state index is 12.3. The van der Waals surface area contributed by atoms with Crippen molar-refractivity contribution < 1.29 is 13.2 Å². The van der Waals surface area contributed by atoms with Crippen molar-refractivity contribution in [2.24, 2.45) is 5.92 Å². The van der Waals surface area contributed by atoms with Crippen LogP contribution in [0.2, 0.25) is 0 Å². The molecular weight excluding hydrogens is 368 g/mol. The van der Waals surface area contributed by atoms with E-state index in [9.17, 15) is 13.2 Å². The monoisotopic (exact) mass is 392 g/mol. The molecule has 2 aromatic heterocycles. The van der Waals surface area contributed by atoms with E-state index >= 15 is 0 Å². The van der Waals surface area contributed by atoms with E-state index in [4.69, 9.17) is 0 Å². The minimum atomic E-state index is -3.19. The molecule has 0 radical (unpaired) electrons. The van der Waals surface area contributed by atoms with E-state index in [2.05, 4.69) is 25.2 Å². The van der Waals surface area contributed by atoms with Gasteiger partial charge in [0, 0.05) is 38.3 Å². The summed E-state index contributed by atoms with van der Waals surface area (Å²) < 4.78 is 26.1. The van der Waals surface area contributed by atoms with E-state index in [0.717, 1.165) is 24.0 Å². The van der Waals surface area contributed by atoms with Gasteiger partial charge in [-0.05, 0) is 25.3 Å². The van der Waals surface area contributed by atoms with E-state index in [-0.39, 0.29) is 23.5 Å². The smallest absolute Gasteiger partial charge is 0.233 e. The number of anilines is 2. The van der Waals surface area contributed by atoms with Gasteiger partial charge in [0.1, 0.15) is 11.5 Å². The number of fused-ring (bicyclic) bond motifs is 1. The lowest BCUT2D eigenvalue weighted by molar-refractivity contribution is -0.117. The third-order valence-electron chi connectivity index (χ3n) is 4.97. The summed E-state index contributed by atoms with van der Waals surface area (Å²) in [6.45, 7) is 3.84. The van der Waals surface area contributed by atoms with E-state index in [1.54, 1.807) is 10.5 Å². The highest BCUT2D eigenvalue weighted by atomic mass is 32.2. The van der Waals surface area contributed by atoms with Crippen molar-refractivity contribution in [3.63, 3.8) is 0 Å². The fourth-order valence-corrected chi connectivity index (χ4v) is 4.84. The number of carbonyl (C=O) groups excluding carboxylic acids is 1. The molecule has 1 saturated carbocycles. The molecule has 2 fully saturated rings. The Morgan fingerprint density at radius 2 is 2.00 bits per heavy atom. The molecule has 0 bridgehead atoms. The first-order chi connectivity index (χ1) is 13.0. The normalized spacial score (nSPS) is 18.8. The number of aromatic amines is 1. The van der Waals surface area contributed by atoms with Crippen molar-refractivity contribution in [1.29, 1.82) is 0 Å². The quantitative estimate of drug-likeness (QED) is 0.763. The molecule has 9 nitrogen and oxygen atoms in total. The second-order valence-electron chi connectivity index (χ2n) is 7.08. The first-order valence-electron chi connectivity index (χ1n) is 9.36. The van der Waals surface area contributed by atoms with Crippen LogP contribution in [-0.2, 0) is 14.8 Å². The standard InChI is InChI=1S/C17H24N6O3S/c1-2-11-27(25,26)23-9-7-22(8-10-23)15-13-5-6-18-14(13)19-17(20-15)21-16(24)12-3-4-12/h5-6,12H,2-4,7-11H2,1H3,(H2,18,19,20,21,24). The predicted octanol–water partition coefficient (Wildman–Crippen LogP) is 1.17. The van der Waals surface area contributed by atoms with Crippen LogP contribution in [0.15, 0.2) is 12.3 Å². The highest BCUT2D eigenvalue weighted by molar-refractivity contribution is 7.89. The highest BCUT2D eigenvalue weighted by Crippen LogP contribution is 2.31. The number of sulfonamides is 1. The van der Waals surface area contributed by atoms with Gasteiger partial charge in [-0.15, -0.1) is 0 Å². The zero-order valence-electron chi connectivity index (χ0n) is 15.3. The average molecular weight is 392 g/mol. The van der Waals surface area contributed by atoms with Crippen molar-refractivity contribution >= 4 is 38.7 Å². The highest BCUT2D eigenvalue weighted by Gasteiger charge is 2.31. The molecule has 0 aromatic carbocycles. The molecular formula is C17H24N6O3S. The second kappa shape index (κ2) is 7.08. The van der Waals surface area contributed by atoms with Crippen LogP contribution in [-0.4, -0.2) is 65.5 Å². The fourth-order valence-electron chi connectivity index (χ4n) is 3.34. The Morgan fingerprint density at radius 3 is 2.67 bits per heavy atom. The van der Waals surface area contributed by atoms with Crippen molar-refractivity contribution in [3.05, 3.63) is 12.3 Å². The molecule has 146 valence electrons.